The molecule has 0 radical (unpaired) electrons. The van der Waals surface area contributed by atoms with Crippen molar-refractivity contribution in [3.05, 3.63) is 173 Å². The predicted molar refractivity (Wildman–Crippen MR) is 206 cm³/mol. The zero-order chi connectivity index (χ0) is 33.0. The first-order chi connectivity index (χ1) is 22.8. The maximum atomic E-state index is 4.43. The minimum Gasteiger partial charge on any atom is -0.337 e. The zero-order valence-electron chi connectivity index (χ0n) is 28.5. The van der Waals surface area contributed by atoms with Crippen LogP contribution in [0.4, 0.5) is 11.4 Å². The van der Waals surface area contributed by atoms with Gasteiger partial charge in [-0.3, -0.25) is 0 Å². The SMILES string of the molecule is C=C/C=C(\CN(c1ccccc1)c1ccc2c(c1)-c1ccccc1C2(C)C)c1ccc(/C(C)=C/C(=C)C2=CCCCC2)c(/C=C\C)c1. The molecule has 0 spiro atoms. The lowest BCUT2D eigenvalue weighted by Gasteiger charge is -2.28. The molecule has 0 bridgehead atoms. The second kappa shape index (κ2) is 13.9. The first kappa shape index (κ1) is 32.1. The van der Waals surface area contributed by atoms with Gasteiger partial charge in [-0.05, 0) is 131 Å². The summed E-state index contributed by atoms with van der Waals surface area (Å²) >= 11 is 0. The molecule has 0 saturated heterocycles. The molecule has 47 heavy (non-hydrogen) atoms. The van der Waals surface area contributed by atoms with Crippen molar-refractivity contribution >= 4 is 28.6 Å². The van der Waals surface area contributed by atoms with Gasteiger partial charge in [0.2, 0.25) is 0 Å². The van der Waals surface area contributed by atoms with Crippen molar-refractivity contribution in [3.8, 4) is 11.1 Å². The molecule has 0 heterocycles. The van der Waals surface area contributed by atoms with Crippen molar-refractivity contribution in [3.63, 3.8) is 0 Å². The average Bonchev–Trinajstić information content (AvgIpc) is 3.33. The normalized spacial score (nSPS) is 15.6. The van der Waals surface area contributed by atoms with E-state index in [0.717, 1.165) is 24.1 Å². The number of nitrogens with zero attached hydrogens (tertiary/aromatic N) is 1. The van der Waals surface area contributed by atoms with Gasteiger partial charge in [-0.1, -0.05) is 124 Å². The molecule has 0 saturated carbocycles. The Morgan fingerprint density at radius 1 is 0.851 bits per heavy atom. The molecule has 4 aromatic rings. The quantitative estimate of drug-likeness (QED) is 0.161. The van der Waals surface area contributed by atoms with E-state index in [2.05, 4.69) is 167 Å². The Bertz CT molecular complexity index is 1930. The fraction of sp³-hybridized carbons (Fsp3) is 0.217. The van der Waals surface area contributed by atoms with Gasteiger partial charge in [0.25, 0.3) is 0 Å². The molecule has 0 atom stereocenters. The summed E-state index contributed by atoms with van der Waals surface area (Å²) in [6.07, 6.45) is 17.9. The van der Waals surface area contributed by atoms with Crippen LogP contribution in [0.15, 0.2) is 146 Å². The van der Waals surface area contributed by atoms with Gasteiger partial charge in [0.05, 0.1) is 0 Å². The van der Waals surface area contributed by atoms with Crippen LogP contribution >= 0.6 is 0 Å². The highest BCUT2D eigenvalue weighted by Gasteiger charge is 2.35. The largest absolute Gasteiger partial charge is 0.337 e. The third-order valence-electron chi connectivity index (χ3n) is 9.88. The first-order valence-corrected chi connectivity index (χ1v) is 17.0. The lowest BCUT2D eigenvalue weighted by atomic mass is 9.82. The number of rotatable bonds is 10. The maximum Gasteiger partial charge on any atom is 0.0487 e. The second-order valence-electron chi connectivity index (χ2n) is 13.4. The number of hydrogen-bond acceptors (Lipinski definition) is 1. The Morgan fingerprint density at radius 2 is 1.62 bits per heavy atom. The van der Waals surface area contributed by atoms with E-state index in [1.54, 1.807) is 0 Å². The minimum atomic E-state index is -0.0207. The topological polar surface area (TPSA) is 3.24 Å². The van der Waals surface area contributed by atoms with Crippen LogP contribution in [0.25, 0.3) is 28.3 Å². The molecule has 1 heteroatoms. The smallest absolute Gasteiger partial charge is 0.0487 e. The first-order valence-electron chi connectivity index (χ1n) is 17.0. The Labute approximate surface area is 282 Å². The van der Waals surface area contributed by atoms with Gasteiger partial charge < -0.3 is 4.90 Å². The van der Waals surface area contributed by atoms with Crippen molar-refractivity contribution in [2.24, 2.45) is 0 Å². The van der Waals surface area contributed by atoms with Crippen LogP contribution < -0.4 is 4.90 Å². The Hall–Kier alpha value is -4.88. The Balaban J connectivity index is 1.38. The van der Waals surface area contributed by atoms with E-state index in [1.807, 2.05) is 6.08 Å². The van der Waals surface area contributed by atoms with Crippen LogP contribution in [-0.2, 0) is 5.41 Å². The van der Waals surface area contributed by atoms with Crippen molar-refractivity contribution in [1.29, 1.82) is 0 Å². The summed E-state index contributed by atoms with van der Waals surface area (Å²) in [6, 6.07) is 33.5. The summed E-state index contributed by atoms with van der Waals surface area (Å²) in [5.41, 5.74) is 16.4. The molecular formula is C46H47N. The molecule has 2 aliphatic rings. The monoisotopic (exact) mass is 613 g/mol. The van der Waals surface area contributed by atoms with E-state index in [9.17, 15) is 0 Å². The molecule has 2 aliphatic carbocycles. The molecule has 0 fully saturated rings. The molecule has 0 aromatic heterocycles. The zero-order valence-corrected chi connectivity index (χ0v) is 28.5. The predicted octanol–water partition coefficient (Wildman–Crippen LogP) is 12.9. The van der Waals surface area contributed by atoms with Gasteiger partial charge in [0, 0.05) is 23.3 Å². The van der Waals surface area contributed by atoms with Crippen LogP contribution in [0, 0.1) is 0 Å². The van der Waals surface area contributed by atoms with E-state index in [0.29, 0.717) is 6.54 Å². The number of para-hydroxylation sites is 1. The van der Waals surface area contributed by atoms with E-state index in [4.69, 9.17) is 0 Å². The van der Waals surface area contributed by atoms with Gasteiger partial charge >= 0.3 is 0 Å². The highest BCUT2D eigenvalue weighted by Crippen LogP contribution is 2.50. The summed E-state index contributed by atoms with van der Waals surface area (Å²) in [5, 5.41) is 0. The Morgan fingerprint density at radius 3 is 2.36 bits per heavy atom. The van der Waals surface area contributed by atoms with Gasteiger partial charge in [0.15, 0.2) is 0 Å². The number of fused-ring (bicyclic) bond motifs is 3. The highest BCUT2D eigenvalue weighted by molar-refractivity contribution is 5.86. The molecule has 6 rings (SSSR count). The highest BCUT2D eigenvalue weighted by atomic mass is 15.1. The molecule has 0 unspecified atom stereocenters. The number of benzene rings is 4. The summed E-state index contributed by atoms with van der Waals surface area (Å²) in [6.45, 7) is 18.2. The lowest BCUT2D eigenvalue weighted by molar-refractivity contribution is 0.660. The third-order valence-corrected chi connectivity index (χ3v) is 9.88. The Kier molecular flexibility index (Phi) is 9.45. The lowest BCUT2D eigenvalue weighted by Crippen LogP contribution is -2.20. The van der Waals surface area contributed by atoms with Gasteiger partial charge in [0.1, 0.15) is 0 Å². The molecule has 0 amide bonds. The molecule has 0 N–H and O–H groups in total. The van der Waals surface area contributed by atoms with Gasteiger partial charge in [-0.15, -0.1) is 0 Å². The van der Waals surface area contributed by atoms with Crippen LogP contribution in [0.5, 0.6) is 0 Å². The van der Waals surface area contributed by atoms with E-state index in [-0.39, 0.29) is 5.41 Å². The van der Waals surface area contributed by atoms with Crippen LogP contribution in [0.3, 0.4) is 0 Å². The molecule has 0 aliphatic heterocycles. The van der Waals surface area contributed by atoms with Crippen LogP contribution in [0.1, 0.15) is 81.2 Å². The van der Waals surface area contributed by atoms with Crippen LogP contribution in [0.2, 0.25) is 0 Å². The fourth-order valence-electron chi connectivity index (χ4n) is 7.37. The fourth-order valence-corrected chi connectivity index (χ4v) is 7.37. The molecular weight excluding hydrogens is 567 g/mol. The minimum absolute atomic E-state index is 0.0207. The van der Waals surface area contributed by atoms with E-state index < -0.39 is 0 Å². The standard InChI is InChI=1S/C46H47N/c1-7-17-37-30-36(25-27-41(37)34(4)29-33(3)35-19-11-9-12-20-35)38(18-8-2)32-47(39-21-13-10-14-22-39)40-26-28-45-43(31-40)42-23-15-16-24-44(42)46(45,5)6/h7-8,10,13-19,21-31H,2-3,9,11-12,20,32H2,1,4-6H3/b17-7-,34-29+,38-18+. The van der Waals surface area contributed by atoms with Crippen molar-refractivity contribution < 1.29 is 0 Å². The number of hydrogen-bond donors (Lipinski definition) is 0. The molecule has 4 aromatic carbocycles. The maximum absolute atomic E-state index is 4.43. The summed E-state index contributed by atoms with van der Waals surface area (Å²) in [7, 11) is 0. The number of anilines is 2. The van der Waals surface area contributed by atoms with E-state index in [1.165, 1.54) is 74.2 Å². The number of allylic oxidation sites excluding steroid dienone is 8. The summed E-state index contributed by atoms with van der Waals surface area (Å²) in [4.78, 5) is 2.43. The van der Waals surface area contributed by atoms with E-state index >= 15 is 0 Å². The van der Waals surface area contributed by atoms with Crippen molar-refractivity contribution in [2.75, 3.05) is 11.4 Å². The third kappa shape index (κ3) is 6.54. The van der Waals surface area contributed by atoms with Crippen molar-refractivity contribution in [1.82, 2.24) is 0 Å². The van der Waals surface area contributed by atoms with Gasteiger partial charge in [-0.2, -0.15) is 0 Å². The second-order valence-corrected chi connectivity index (χ2v) is 13.4. The molecule has 1 nitrogen and oxygen atoms in total. The van der Waals surface area contributed by atoms with Crippen LogP contribution in [-0.4, -0.2) is 6.54 Å². The van der Waals surface area contributed by atoms with Gasteiger partial charge in [-0.25, -0.2) is 0 Å². The summed E-state index contributed by atoms with van der Waals surface area (Å²) < 4.78 is 0. The average molecular weight is 614 g/mol. The molecule has 236 valence electrons. The summed E-state index contributed by atoms with van der Waals surface area (Å²) in [5.74, 6) is 0. The van der Waals surface area contributed by atoms with Crippen molar-refractivity contribution in [2.45, 2.75) is 58.8 Å².